The van der Waals surface area contributed by atoms with Gasteiger partial charge >= 0.3 is 0 Å². The molecule has 1 aliphatic carbocycles. The largest absolute Gasteiger partial charge is 0.496 e. The van der Waals surface area contributed by atoms with Crippen LogP contribution in [0.2, 0.25) is 0 Å². The van der Waals surface area contributed by atoms with Crippen molar-refractivity contribution in [2.24, 2.45) is 5.73 Å². The first-order chi connectivity index (χ1) is 8.49. The van der Waals surface area contributed by atoms with Crippen LogP contribution in [0.4, 0.5) is 0 Å². The maximum absolute atomic E-state index is 6.14. The van der Waals surface area contributed by atoms with Crippen LogP contribution < -0.4 is 10.5 Å². The Bertz CT molecular complexity index is 400. The highest BCUT2D eigenvalue weighted by molar-refractivity contribution is 5.39. The lowest BCUT2D eigenvalue weighted by Gasteiger charge is -2.21. The Labute approximate surface area is 111 Å². The van der Waals surface area contributed by atoms with Gasteiger partial charge in [-0.25, -0.2) is 0 Å². The van der Waals surface area contributed by atoms with Gasteiger partial charge in [-0.3, -0.25) is 0 Å². The maximum Gasteiger partial charge on any atom is 0.122 e. The molecule has 1 aromatic carbocycles. The summed E-state index contributed by atoms with van der Waals surface area (Å²) in [5.74, 6) is 1.71. The highest BCUT2D eigenvalue weighted by atomic mass is 16.5. The summed E-state index contributed by atoms with van der Waals surface area (Å²) in [4.78, 5) is 0. The van der Waals surface area contributed by atoms with E-state index in [-0.39, 0.29) is 5.54 Å². The van der Waals surface area contributed by atoms with Crippen molar-refractivity contribution in [2.45, 2.75) is 57.4 Å². The summed E-state index contributed by atoms with van der Waals surface area (Å²) in [6.07, 6.45) is 6.26. The summed E-state index contributed by atoms with van der Waals surface area (Å²) < 4.78 is 5.45. The molecule has 0 bridgehead atoms. The van der Waals surface area contributed by atoms with Crippen LogP contribution in [0.1, 0.15) is 56.6 Å². The molecule has 0 amide bonds. The van der Waals surface area contributed by atoms with E-state index in [0.29, 0.717) is 0 Å². The van der Waals surface area contributed by atoms with Crippen molar-refractivity contribution in [1.82, 2.24) is 0 Å². The van der Waals surface area contributed by atoms with Crippen molar-refractivity contribution in [3.8, 4) is 5.75 Å². The molecule has 0 aromatic heterocycles. The fourth-order valence-corrected chi connectivity index (χ4v) is 2.94. The minimum absolute atomic E-state index is 0.193. The Kier molecular flexibility index (Phi) is 3.96. The van der Waals surface area contributed by atoms with Gasteiger partial charge in [-0.15, -0.1) is 0 Å². The zero-order valence-electron chi connectivity index (χ0n) is 11.8. The van der Waals surface area contributed by atoms with Crippen LogP contribution >= 0.6 is 0 Å². The molecule has 2 heteroatoms. The molecule has 2 rings (SSSR count). The molecule has 0 atom stereocenters. The second-order valence-electron chi connectivity index (χ2n) is 6.22. The molecule has 100 valence electrons. The Balaban J connectivity index is 2.26. The smallest absolute Gasteiger partial charge is 0.122 e. The third-order valence-electron chi connectivity index (χ3n) is 3.78. The second-order valence-corrected chi connectivity index (χ2v) is 6.22. The predicted octanol–water partition coefficient (Wildman–Crippen LogP) is 3.63. The molecule has 1 saturated carbocycles. The third-order valence-corrected chi connectivity index (χ3v) is 3.78. The summed E-state index contributed by atoms with van der Waals surface area (Å²) in [7, 11) is 1.73. The van der Waals surface area contributed by atoms with Gasteiger partial charge in [-0.2, -0.15) is 0 Å². The fourth-order valence-electron chi connectivity index (χ4n) is 2.94. The number of methoxy groups -OCH3 is 1. The molecule has 1 aromatic rings. The van der Waals surface area contributed by atoms with E-state index in [1.165, 1.54) is 36.8 Å². The van der Waals surface area contributed by atoms with Gasteiger partial charge in [0.15, 0.2) is 0 Å². The van der Waals surface area contributed by atoms with Gasteiger partial charge < -0.3 is 10.5 Å². The molecule has 0 unspecified atom stereocenters. The van der Waals surface area contributed by atoms with Gasteiger partial charge in [0, 0.05) is 5.54 Å². The van der Waals surface area contributed by atoms with Gasteiger partial charge in [0.05, 0.1) is 7.11 Å². The normalized spacial score (nSPS) is 17.1. The Hall–Kier alpha value is -1.02. The summed E-state index contributed by atoms with van der Waals surface area (Å²) >= 11 is 0. The zero-order chi connectivity index (χ0) is 13.2. The van der Waals surface area contributed by atoms with Crippen LogP contribution in [0, 0.1) is 0 Å². The highest BCUT2D eigenvalue weighted by Gasteiger charge is 2.20. The molecule has 1 fully saturated rings. The monoisotopic (exact) mass is 247 g/mol. The summed E-state index contributed by atoms with van der Waals surface area (Å²) in [6, 6.07) is 6.64. The van der Waals surface area contributed by atoms with Gasteiger partial charge in [0.1, 0.15) is 5.75 Å². The summed E-state index contributed by atoms with van der Waals surface area (Å²) in [5, 5.41) is 0. The number of nitrogens with two attached hydrogens (primary N) is 1. The van der Waals surface area contributed by atoms with E-state index in [1.807, 2.05) is 0 Å². The maximum atomic E-state index is 6.14. The first-order valence-corrected chi connectivity index (χ1v) is 6.95. The molecule has 1 aliphatic rings. The number of ether oxygens (including phenoxy) is 1. The Morgan fingerprint density at radius 1 is 1.28 bits per heavy atom. The molecule has 2 N–H and O–H groups in total. The molecule has 0 aliphatic heterocycles. The van der Waals surface area contributed by atoms with Crippen molar-refractivity contribution >= 4 is 0 Å². The number of hydrogen-bond donors (Lipinski definition) is 1. The van der Waals surface area contributed by atoms with Crippen molar-refractivity contribution in [3.63, 3.8) is 0 Å². The molecule has 2 nitrogen and oxygen atoms in total. The fraction of sp³-hybridized carbons (Fsp3) is 0.625. The molecule has 0 radical (unpaired) electrons. The number of hydrogen-bond acceptors (Lipinski definition) is 2. The zero-order valence-corrected chi connectivity index (χ0v) is 11.8. The number of benzene rings is 1. The van der Waals surface area contributed by atoms with Gasteiger partial charge in [0.2, 0.25) is 0 Å². The van der Waals surface area contributed by atoms with Crippen LogP contribution in [-0.4, -0.2) is 12.6 Å². The van der Waals surface area contributed by atoms with Gasteiger partial charge in [-0.05, 0) is 56.2 Å². The summed E-state index contributed by atoms with van der Waals surface area (Å²) in [6.45, 7) is 4.13. The lowest BCUT2D eigenvalue weighted by molar-refractivity contribution is 0.402. The van der Waals surface area contributed by atoms with E-state index in [9.17, 15) is 0 Å². The van der Waals surface area contributed by atoms with Crippen LogP contribution in [0.5, 0.6) is 5.75 Å². The molecule has 0 heterocycles. The standard InChI is InChI=1S/C16H25NO/c1-16(2,17)11-14-10-13(8-9-15(14)18-3)12-6-4-5-7-12/h8-10,12H,4-7,11,17H2,1-3H3. The quantitative estimate of drug-likeness (QED) is 0.881. The van der Waals surface area contributed by atoms with E-state index >= 15 is 0 Å². The second kappa shape index (κ2) is 5.31. The molecular formula is C16H25NO. The lowest BCUT2D eigenvalue weighted by Crippen LogP contribution is -2.34. The lowest BCUT2D eigenvalue weighted by atomic mass is 9.90. The van der Waals surface area contributed by atoms with Gasteiger partial charge in [-0.1, -0.05) is 25.0 Å². The number of rotatable bonds is 4. The molecule has 18 heavy (non-hydrogen) atoms. The topological polar surface area (TPSA) is 35.2 Å². The first-order valence-electron chi connectivity index (χ1n) is 6.95. The van der Waals surface area contributed by atoms with E-state index < -0.39 is 0 Å². The predicted molar refractivity (Wildman–Crippen MR) is 76.2 cm³/mol. The first kappa shape index (κ1) is 13.4. The molecule has 0 saturated heterocycles. The van der Waals surface area contributed by atoms with Crippen LogP contribution in [0.25, 0.3) is 0 Å². The third kappa shape index (κ3) is 3.26. The van der Waals surface area contributed by atoms with Crippen LogP contribution in [0.3, 0.4) is 0 Å². The van der Waals surface area contributed by atoms with Gasteiger partial charge in [0.25, 0.3) is 0 Å². The van der Waals surface area contributed by atoms with Crippen LogP contribution in [-0.2, 0) is 6.42 Å². The van der Waals surface area contributed by atoms with E-state index in [1.54, 1.807) is 7.11 Å². The van der Waals surface area contributed by atoms with Crippen molar-refractivity contribution in [3.05, 3.63) is 29.3 Å². The minimum atomic E-state index is -0.193. The van der Waals surface area contributed by atoms with Crippen molar-refractivity contribution in [1.29, 1.82) is 0 Å². The Morgan fingerprint density at radius 3 is 2.50 bits per heavy atom. The van der Waals surface area contributed by atoms with Crippen LogP contribution in [0.15, 0.2) is 18.2 Å². The molecular weight excluding hydrogens is 222 g/mol. The van der Waals surface area contributed by atoms with E-state index in [4.69, 9.17) is 10.5 Å². The van der Waals surface area contributed by atoms with Crippen molar-refractivity contribution < 1.29 is 4.74 Å². The summed E-state index contributed by atoms with van der Waals surface area (Å²) in [5.41, 5.74) is 8.66. The SMILES string of the molecule is COc1ccc(C2CCCC2)cc1CC(C)(C)N. The van der Waals surface area contributed by atoms with E-state index in [0.717, 1.165) is 18.1 Å². The average molecular weight is 247 g/mol. The Morgan fingerprint density at radius 2 is 1.94 bits per heavy atom. The molecule has 0 spiro atoms. The highest BCUT2D eigenvalue weighted by Crippen LogP contribution is 2.36. The van der Waals surface area contributed by atoms with Crippen molar-refractivity contribution in [2.75, 3.05) is 7.11 Å². The minimum Gasteiger partial charge on any atom is -0.496 e. The average Bonchev–Trinajstić information content (AvgIpc) is 2.80. The van der Waals surface area contributed by atoms with E-state index in [2.05, 4.69) is 32.0 Å².